The van der Waals surface area contributed by atoms with Crippen molar-refractivity contribution in [3.8, 4) is 0 Å². The highest BCUT2D eigenvalue weighted by Gasteiger charge is 2.50. The third-order valence-corrected chi connectivity index (χ3v) is 4.87. The highest BCUT2D eigenvalue weighted by Crippen LogP contribution is 2.59. The summed E-state index contributed by atoms with van der Waals surface area (Å²) in [5.74, 6) is 6.75. The van der Waals surface area contributed by atoms with Crippen molar-refractivity contribution >= 4 is 0 Å². The van der Waals surface area contributed by atoms with Crippen molar-refractivity contribution in [2.75, 3.05) is 0 Å². The van der Waals surface area contributed by atoms with E-state index in [-0.39, 0.29) is 0 Å². The molecule has 12 heavy (non-hydrogen) atoms. The van der Waals surface area contributed by atoms with E-state index in [1.807, 2.05) is 0 Å². The second-order valence-electron chi connectivity index (χ2n) is 5.72. The maximum Gasteiger partial charge on any atom is -0.0357 e. The van der Waals surface area contributed by atoms with Crippen LogP contribution in [0.15, 0.2) is 0 Å². The first-order valence-corrected chi connectivity index (χ1v) is 5.75. The van der Waals surface area contributed by atoms with Crippen LogP contribution in [0.25, 0.3) is 0 Å². The lowest BCUT2D eigenvalue weighted by molar-refractivity contribution is 0.294. The van der Waals surface area contributed by atoms with Crippen LogP contribution in [0, 0.1) is 35.5 Å². The first kappa shape index (κ1) is 7.41. The minimum absolute atomic E-state index is 1.06. The van der Waals surface area contributed by atoms with E-state index in [1.165, 1.54) is 18.3 Å². The normalized spacial score (nSPS) is 58.0. The Morgan fingerprint density at radius 1 is 1.00 bits per heavy atom. The van der Waals surface area contributed by atoms with E-state index >= 15 is 0 Å². The number of hydrogen-bond donors (Lipinski definition) is 0. The van der Waals surface area contributed by atoms with Gasteiger partial charge >= 0.3 is 0 Å². The summed E-state index contributed by atoms with van der Waals surface area (Å²) in [7, 11) is 0. The summed E-state index contributed by atoms with van der Waals surface area (Å²) in [6.07, 6.45) is 6.31. The van der Waals surface area contributed by atoms with Gasteiger partial charge in [-0.05, 0) is 61.2 Å². The zero-order valence-corrected chi connectivity index (χ0v) is 8.29. The molecule has 3 saturated carbocycles. The third-order valence-electron chi connectivity index (χ3n) is 4.87. The Kier molecular flexibility index (Phi) is 1.40. The molecule has 3 rings (SSSR count). The Bertz CT molecular complexity index is 186. The lowest BCUT2D eigenvalue weighted by atomic mass is 9.85. The van der Waals surface area contributed by atoms with Gasteiger partial charge in [0.05, 0.1) is 0 Å². The predicted molar refractivity (Wildman–Crippen MR) is 50.8 cm³/mol. The van der Waals surface area contributed by atoms with Gasteiger partial charge in [-0.1, -0.05) is 13.8 Å². The van der Waals surface area contributed by atoms with Gasteiger partial charge in [0, 0.05) is 0 Å². The van der Waals surface area contributed by atoms with Crippen LogP contribution in [0.1, 0.15) is 39.5 Å². The van der Waals surface area contributed by atoms with Crippen molar-refractivity contribution < 1.29 is 0 Å². The molecule has 0 spiro atoms. The minimum atomic E-state index is 1.06. The number of hydrogen-bond acceptors (Lipinski definition) is 0. The molecule has 3 aliphatic rings. The smallest absolute Gasteiger partial charge is 0.0357 e. The SMILES string of the molecule is CC1CC1C(C)C1CC2CC2C1. The quantitative estimate of drug-likeness (QED) is 0.587. The van der Waals surface area contributed by atoms with Gasteiger partial charge in [0.2, 0.25) is 0 Å². The predicted octanol–water partition coefficient (Wildman–Crippen LogP) is 3.32. The van der Waals surface area contributed by atoms with Crippen LogP contribution in [0.5, 0.6) is 0 Å². The molecule has 0 N–H and O–H groups in total. The van der Waals surface area contributed by atoms with Crippen LogP contribution in [-0.4, -0.2) is 0 Å². The average molecular weight is 164 g/mol. The van der Waals surface area contributed by atoms with Crippen LogP contribution in [0.4, 0.5) is 0 Å². The highest BCUT2D eigenvalue weighted by atomic mass is 14.6. The molecule has 0 bridgehead atoms. The van der Waals surface area contributed by atoms with Gasteiger partial charge in [-0.3, -0.25) is 0 Å². The molecule has 5 unspecified atom stereocenters. The molecule has 0 aromatic heterocycles. The van der Waals surface area contributed by atoms with E-state index in [9.17, 15) is 0 Å². The first-order valence-electron chi connectivity index (χ1n) is 5.75. The Morgan fingerprint density at radius 3 is 2.08 bits per heavy atom. The molecule has 3 aliphatic carbocycles. The van der Waals surface area contributed by atoms with Gasteiger partial charge in [0.25, 0.3) is 0 Å². The Balaban J connectivity index is 1.59. The van der Waals surface area contributed by atoms with Gasteiger partial charge in [-0.15, -0.1) is 0 Å². The maximum absolute atomic E-state index is 2.52. The van der Waals surface area contributed by atoms with Crippen molar-refractivity contribution in [3.63, 3.8) is 0 Å². The fourth-order valence-corrected chi connectivity index (χ4v) is 3.62. The van der Waals surface area contributed by atoms with Gasteiger partial charge in [-0.25, -0.2) is 0 Å². The standard InChI is InChI=1S/C12H20/c1-7-3-12(7)8(2)9-4-10-6-11(10)5-9/h7-12H,3-6H2,1-2H3. The second kappa shape index (κ2) is 2.27. The van der Waals surface area contributed by atoms with Crippen LogP contribution in [-0.2, 0) is 0 Å². The van der Waals surface area contributed by atoms with Gasteiger partial charge in [0.1, 0.15) is 0 Å². The van der Waals surface area contributed by atoms with Gasteiger partial charge in [-0.2, -0.15) is 0 Å². The average Bonchev–Trinajstić information content (AvgIpc) is 2.93. The molecule has 68 valence electrons. The molecule has 0 aliphatic heterocycles. The molecular weight excluding hydrogens is 144 g/mol. The molecule has 0 aromatic carbocycles. The van der Waals surface area contributed by atoms with Crippen LogP contribution in [0.3, 0.4) is 0 Å². The van der Waals surface area contributed by atoms with Gasteiger partial charge < -0.3 is 0 Å². The van der Waals surface area contributed by atoms with Crippen LogP contribution >= 0.6 is 0 Å². The largest absolute Gasteiger partial charge is 0.0622 e. The van der Waals surface area contributed by atoms with E-state index in [0.717, 1.165) is 23.7 Å². The fraction of sp³-hybridized carbons (Fsp3) is 1.00. The molecule has 0 nitrogen and oxygen atoms in total. The highest BCUT2D eigenvalue weighted by molar-refractivity contribution is 5.00. The van der Waals surface area contributed by atoms with E-state index < -0.39 is 0 Å². The van der Waals surface area contributed by atoms with Crippen molar-refractivity contribution in [3.05, 3.63) is 0 Å². The summed E-state index contributed by atoms with van der Waals surface area (Å²) in [6.45, 7) is 4.94. The zero-order chi connectivity index (χ0) is 8.29. The topological polar surface area (TPSA) is 0 Å². The first-order chi connectivity index (χ1) is 5.75. The molecule has 3 fully saturated rings. The van der Waals surface area contributed by atoms with Crippen LogP contribution in [0.2, 0.25) is 0 Å². The summed E-state index contributed by atoms with van der Waals surface area (Å²) in [5, 5.41) is 0. The van der Waals surface area contributed by atoms with E-state index in [1.54, 1.807) is 19.3 Å². The lowest BCUT2D eigenvalue weighted by Gasteiger charge is -2.20. The van der Waals surface area contributed by atoms with Crippen molar-refractivity contribution in [1.29, 1.82) is 0 Å². The molecule has 0 saturated heterocycles. The van der Waals surface area contributed by atoms with E-state index in [0.29, 0.717) is 0 Å². The van der Waals surface area contributed by atoms with E-state index in [2.05, 4.69) is 13.8 Å². The molecule has 0 amide bonds. The number of rotatable bonds is 2. The summed E-state index contributed by atoms with van der Waals surface area (Å²) in [4.78, 5) is 0. The lowest BCUT2D eigenvalue weighted by Crippen LogP contribution is -2.12. The summed E-state index contributed by atoms with van der Waals surface area (Å²) >= 11 is 0. The Labute approximate surface area is 75.7 Å². The Hall–Kier alpha value is 0. The molecule has 0 heteroatoms. The van der Waals surface area contributed by atoms with Crippen molar-refractivity contribution in [2.45, 2.75) is 39.5 Å². The monoisotopic (exact) mass is 164 g/mol. The fourth-order valence-electron chi connectivity index (χ4n) is 3.62. The Morgan fingerprint density at radius 2 is 1.58 bits per heavy atom. The molecule has 5 atom stereocenters. The maximum atomic E-state index is 2.52. The summed E-state index contributed by atoms with van der Waals surface area (Å²) in [5.41, 5.74) is 0. The van der Waals surface area contributed by atoms with Crippen molar-refractivity contribution in [1.82, 2.24) is 0 Å². The molecule has 0 aromatic rings. The molecular formula is C12H20. The zero-order valence-electron chi connectivity index (χ0n) is 8.29. The minimum Gasteiger partial charge on any atom is -0.0622 e. The third kappa shape index (κ3) is 1.03. The summed E-state index contributed by atoms with van der Waals surface area (Å²) in [6, 6.07) is 0. The summed E-state index contributed by atoms with van der Waals surface area (Å²) < 4.78 is 0. The molecule has 0 heterocycles. The molecule has 0 radical (unpaired) electrons. The number of fused-ring (bicyclic) bond motifs is 1. The second-order valence-corrected chi connectivity index (χ2v) is 5.72. The van der Waals surface area contributed by atoms with Crippen LogP contribution < -0.4 is 0 Å². The van der Waals surface area contributed by atoms with Crippen molar-refractivity contribution in [2.24, 2.45) is 35.5 Å². The van der Waals surface area contributed by atoms with E-state index in [4.69, 9.17) is 0 Å². The van der Waals surface area contributed by atoms with Gasteiger partial charge in [0.15, 0.2) is 0 Å².